The van der Waals surface area contributed by atoms with Crippen LogP contribution in [-0.2, 0) is 12.5 Å². The van der Waals surface area contributed by atoms with Crippen molar-refractivity contribution < 1.29 is 18.7 Å². The molecule has 1 aliphatic carbocycles. The van der Waals surface area contributed by atoms with Crippen molar-refractivity contribution in [1.82, 2.24) is 10.3 Å². The first-order valence-electron chi connectivity index (χ1n) is 5.28. The van der Waals surface area contributed by atoms with Gasteiger partial charge >= 0.3 is 0 Å². The Morgan fingerprint density at radius 1 is 1.59 bits per heavy atom. The van der Waals surface area contributed by atoms with E-state index in [1.807, 2.05) is 5.32 Å². The fourth-order valence-corrected chi connectivity index (χ4v) is 1.63. The first kappa shape index (κ1) is 11.8. The minimum Gasteiger partial charge on any atom is -0.530 e. The molecule has 0 spiro atoms. The lowest BCUT2D eigenvalue weighted by Crippen LogP contribution is -2.36. The number of carboxylic acid groups (broad SMARTS) is 1. The number of hydrogen-bond acceptors (Lipinski definition) is 3. The minimum absolute atomic E-state index is 0.106. The van der Waals surface area contributed by atoms with E-state index in [9.17, 15) is 18.7 Å². The fraction of sp³-hybridized carbons (Fsp3) is 0.455. The summed E-state index contributed by atoms with van der Waals surface area (Å²) in [4.78, 5) is 14.0. The number of alkyl halides is 2. The average molecular weight is 241 g/mol. The largest absolute Gasteiger partial charge is 0.530 e. The molecule has 1 saturated carbocycles. The Morgan fingerprint density at radius 3 is 2.88 bits per heavy atom. The summed E-state index contributed by atoms with van der Waals surface area (Å²) in [5, 5.41) is 12.2. The third kappa shape index (κ3) is 2.69. The van der Waals surface area contributed by atoms with E-state index < -0.39 is 17.9 Å². The number of carbonyl (C=O) groups is 1. The summed E-state index contributed by atoms with van der Waals surface area (Å²) in [6.45, 7) is -0.128. The van der Waals surface area contributed by atoms with Gasteiger partial charge in [0, 0.05) is 17.7 Å². The average Bonchev–Trinajstić information content (AvgIpc) is 3.11. The molecule has 0 unspecified atom stereocenters. The van der Waals surface area contributed by atoms with E-state index in [1.54, 1.807) is 0 Å². The first-order valence-corrected chi connectivity index (χ1v) is 5.28. The molecule has 6 heteroatoms. The summed E-state index contributed by atoms with van der Waals surface area (Å²) in [5.41, 5.74) is 0.150. The van der Waals surface area contributed by atoms with Crippen LogP contribution in [0.3, 0.4) is 0 Å². The highest BCUT2D eigenvalue weighted by Gasteiger charge is 2.47. The SMILES string of the molecule is O=C([O-])NCc1cc(C(F)(F)C2CC2)ccn1. The molecule has 1 aliphatic rings. The van der Waals surface area contributed by atoms with Crippen molar-refractivity contribution in [2.24, 2.45) is 5.92 Å². The van der Waals surface area contributed by atoms with Gasteiger partial charge in [-0.3, -0.25) is 4.98 Å². The van der Waals surface area contributed by atoms with E-state index in [1.165, 1.54) is 18.3 Å². The van der Waals surface area contributed by atoms with Crippen LogP contribution in [0.5, 0.6) is 0 Å². The Kier molecular flexibility index (Phi) is 2.95. The topological polar surface area (TPSA) is 65.0 Å². The molecule has 1 aromatic heterocycles. The normalized spacial score (nSPS) is 15.6. The monoisotopic (exact) mass is 241 g/mol. The Morgan fingerprint density at radius 2 is 2.29 bits per heavy atom. The lowest BCUT2D eigenvalue weighted by atomic mass is 10.0. The second kappa shape index (κ2) is 4.27. The van der Waals surface area contributed by atoms with E-state index in [2.05, 4.69) is 4.98 Å². The second-order valence-electron chi connectivity index (χ2n) is 4.07. The van der Waals surface area contributed by atoms with Crippen molar-refractivity contribution in [3.8, 4) is 0 Å². The van der Waals surface area contributed by atoms with Gasteiger partial charge in [0.05, 0.1) is 12.2 Å². The number of nitrogens with one attached hydrogen (secondary N) is 1. The number of nitrogens with zero attached hydrogens (tertiary/aromatic N) is 1. The maximum Gasteiger partial charge on any atom is 0.276 e. The summed E-state index contributed by atoms with van der Waals surface area (Å²) in [6, 6.07) is 2.50. The van der Waals surface area contributed by atoms with Gasteiger partial charge in [0.25, 0.3) is 5.92 Å². The molecule has 1 fully saturated rings. The maximum absolute atomic E-state index is 13.7. The molecule has 2 rings (SSSR count). The smallest absolute Gasteiger partial charge is 0.276 e. The van der Waals surface area contributed by atoms with Crippen molar-refractivity contribution in [3.05, 3.63) is 29.6 Å². The highest BCUT2D eigenvalue weighted by molar-refractivity contribution is 5.61. The highest BCUT2D eigenvalue weighted by atomic mass is 19.3. The van der Waals surface area contributed by atoms with Crippen LogP contribution in [0.15, 0.2) is 18.3 Å². The quantitative estimate of drug-likeness (QED) is 0.855. The van der Waals surface area contributed by atoms with Crippen molar-refractivity contribution in [2.75, 3.05) is 0 Å². The molecule has 1 aromatic rings. The van der Waals surface area contributed by atoms with Crippen LogP contribution in [0.4, 0.5) is 13.6 Å². The van der Waals surface area contributed by atoms with E-state index >= 15 is 0 Å². The van der Waals surface area contributed by atoms with Crippen LogP contribution in [0.1, 0.15) is 24.1 Å². The van der Waals surface area contributed by atoms with Crippen molar-refractivity contribution >= 4 is 6.09 Å². The molecular formula is C11H11F2N2O2-. The molecule has 0 atom stereocenters. The van der Waals surface area contributed by atoms with Gasteiger partial charge in [0.2, 0.25) is 0 Å². The molecule has 0 bridgehead atoms. The fourth-order valence-electron chi connectivity index (χ4n) is 1.63. The summed E-state index contributed by atoms with van der Waals surface area (Å²) in [5.74, 6) is -3.44. The lowest BCUT2D eigenvalue weighted by Gasteiger charge is -2.16. The molecule has 0 radical (unpaired) electrons. The van der Waals surface area contributed by atoms with Crippen molar-refractivity contribution in [1.29, 1.82) is 0 Å². The number of amides is 1. The van der Waals surface area contributed by atoms with Crippen molar-refractivity contribution in [3.63, 3.8) is 0 Å². The number of carbonyl (C=O) groups excluding carboxylic acids is 1. The van der Waals surface area contributed by atoms with Crippen LogP contribution in [-0.4, -0.2) is 11.1 Å². The third-order valence-electron chi connectivity index (χ3n) is 2.71. The maximum atomic E-state index is 13.7. The van der Waals surface area contributed by atoms with E-state index in [4.69, 9.17) is 0 Å². The molecule has 17 heavy (non-hydrogen) atoms. The Balaban J connectivity index is 2.13. The van der Waals surface area contributed by atoms with Gasteiger partial charge in [-0.1, -0.05) is 0 Å². The molecule has 1 amide bonds. The van der Waals surface area contributed by atoms with Gasteiger partial charge in [0.15, 0.2) is 0 Å². The zero-order valence-corrected chi connectivity index (χ0v) is 8.95. The first-order chi connectivity index (χ1) is 8.00. The number of hydrogen-bond donors (Lipinski definition) is 1. The van der Waals surface area contributed by atoms with Gasteiger partial charge in [0.1, 0.15) is 6.09 Å². The minimum atomic E-state index is -2.85. The molecule has 1 heterocycles. The molecule has 92 valence electrons. The van der Waals surface area contributed by atoms with E-state index in [-0.39, 0.29) is 17.8 Å². The van der Waals surface area contributed by atoms with Crippen LogP contribution in [0, 0.1) is 5.92 Å². The van der Waals surface area contributed by atoms with Gasteiger partial charge in [-0.15, -0.1) is 0 Å². The summed E-state index contributed by atoms with van der Waals surface area (Å²) >= 11 is 0. The number of aromatic nitrogens is 1. The Hall–Kier alpha value is -1.72. The van der Waals surface area contributed by atoms with Crippen LogP contribution in [0.2, 0.25) is 0 Å². The molecule has 0 aromatic carbocycles. The van der Waals surface area contributed by atoms with Gasteiger partial charge in [-0.05, 0) is 25.0 Å². The van der Waals surface area contributed by atoms with Crippen molar-refractivity contribution in [2.45, 2.75) is 25.3 Å². The number of rotatable bonds is 4. The van der Waals surface area contributed by atoms with Gasteiger partial charge in [-0.2, -0.15) is 0 Å². The number of pyridine rings is 1. The zero-order chi connectivity index (χ0) is 12.5. The standard InChI is InChI=1S/C11H12F2N2O2/c12-11(13,7-1-2-7)8-3-4-14-9(5-8)6-15-10(16)17/h3-5,7,15H,1-2,6H2,(H,16,17)/p-1. The molecular weight excluding hydrogens is 230 g/mol. The second-order valence-corrected chi connectivity index (χ2v) is 4.07. The Bertz CT molecular complexity index is 433. The van der Waals surface area contributed by atoms with Crippen LogP contribution in [0.25, 0.3) is 0 Å². The van der Waals surface area contributed by atoms with Crippen LogP contribution < -0.4 is 10.4 Å². The highest BCUT2D eigenvalue weighted by Crippen LogP contribution is 2.49. The molecule has 0 aliphatic heterocycles. The zero-order valence-electron chi connectivity index (χ0n) is 8.95. The molecule has 4 nitrogen and oxygen atoms in total. The molecule has 1 N–H and O–H groups in total. The Labute approximate surface area is 96.7 Å². The third-order valence-corrected chi connectivity index (χ3v) is 2.71. The lowest BCUT2D eigenvalue weighted by molar-refractivity contribution is -0.251. The van der Waals surface area contributed by atoms with E-state index in [0.717, 1.165) is 0 Å². The van der Waals surface area contributed by atoms with Gasteiger partial charge < -0.3 is 15.2 Å². The predicted octanol–water partition coefficient (Wildman–Crippen LogP) is 1.02. The summed E-state index contributed by atoms with van der Waals surface area (Å²) in [7, 11) is 0. The summed E-state index contributed by atoms with van der Waals surface area (Å²) < 4.78 is 27.5. The predicted molar refractivity (Wildman–Crippen MR) is 53.1 cm³/mol. The molecule has 0 saturated heterocycles. The van der Waals surface area contributed by atoms with E-state index in [0.29, 0.717) is 12.8 Å². The number of halogens is 2. The summed E-state index contributed by atoms with van der Waals surface area (Å²) in [6.07, 6.45) is 0.869. The van der Waals surface area contributed by atoms with Gasteiger partial charge in [-0.25, -0.2) is 8.78 Å². The van der Waals surface area contributed by atoms with Crippen LogP contribution >= 0.6 is 0 Å².